The second kappa shape index (κ2) is 6.26. The third-order valence-electron chi connectivity index (χ3n) is 3.76. The zero-order valence-corrected chi connectivity index (χ0v) is 12.2. The van der Waals surface area contributed by atoms with Crippen molar-refractivity contribution in [2.45, 2.75) is 32.5 Å². The Bertz CT molecular complexity index is 581. The fourth-order valence-electron chi connectivity index (χ4n) is 2.66. The molecule has 21 heavy (non-hydrogen) atoms. The van der Waals surface area contributed by atoms with Gasteiger partial charge in [-0.1, -0.05) is 0 Å². The first kappa shape index (κ1) is 14.1. The van der Waals surface area contributed by atoms with Crippen LogP contribution in [0.15, 0.2) is 36.7 Å². The quantitative estimate of drug-likeness (QED) is 0.848. The number of likely N-dealkylation sites (tertiary alicyclic amines) is 1. The van der Waals surface area contributed by atoms with Crippen molar-refractivity contribution < 1.29 is 9.13 Å². The molecule has 0 saturated carbocycles. The van der Waals surface area contributed by atoms with Gasteiger partial charge in [0.05, 0.1) is 6.20 Å². The molecule has 1 aromatic heterocycles. The minimum Gasteiger partial charge on any atom is -0.489 e. The van der Waals surface area contributed by atoms with Crippen LogP contribution in [0, 0.1) is 5.82 Å². The number of rotatable bonds is 5. The molecule has 112 valence electrons. The van der Waals surface area contributed by atoms with Gasteiger partial charge in [-0.05, 0) is 37.6 Å². The van der Waals surface area contributed by atoms with E-state index < -0.39 is 0 Å². The molecule has 1 atom stereocenters. The Kier molecular flexibility index (Phi) is 4.20. The van der Waals surface area contributed by atoms with Gasteiger partial charge in [0.1, 0.15) is 17.7 Å². The van der Waals surface area contributed by atoms with E-state index in [0.29, 0.717) is 0 Å². The number of hydrogen-bond acceptors (Lipinski definition) is 3. The van der Waals surface area contributed by atoms with E-state index in [2.05, 4.69) is 23.1 Å². The van der Waals surface area contributed by atoms with E-state index in [4.69, 9.17) is 4.74 Å². The lowest BCUT2D eigenvalue weighted by atomic mass is 10.3. The zero-order chi connectivity index (χ0) is 14.7. The molecule has 2 aromatic rings. The molecule has 1 aliphatic rings. The van der Waals surface area contributed by atoms with E-state index in [-0.39, 0.29) is 11.9 Å². The molecule has 0 radical (unpaired) electrons. The molecule has 3 rings (SSSR count). The van der Waals surface area contributed by atoms with Gasteiger partial charge in [-0.15, -0.1) is 0 Å². The van der Waals surface area contributed by atoms with E-state index in [1.54, 1.807) is 12.1 Å². The van der Waals surface area contributed by atoms with Crippen LogP contribution in [0.1, 0.15) is 18.9 Å². The lowest BCUT2D eigenvalue weighted by Gasteiger charge is -2.16. The largest absolute Gasteiger partial charge is 0.489 e. The van der Waals surface area contributed by atoms with E-state index in [9.17, 15) is 4.39 Å². The number of benzene rings is 1. The van der Waals surface area contributed by atoms with Crippen LogP contribution in [-0.2, 0) is 13.1 Å². The predicted molar refractivity (Wildman–Crippen MR) is 78.6 cm³/mol. The molecule has 1 aliphatic heterocycles. The van der Waals surface area contributed by atoms with Crippen molar-refractivity contribution in [2.24, 2.45) is 0 Å². The highest BCUT2D eigenvalue weighted by Gasteiger charge is 2.24. The lowest BCUT2D eigenvalue weighted by molar-refractivity contribution is 0.198. The zero-order valence-electron chi connectivity index (χ0n) is 12.2. The maximum absolute atomic E-state index is 12.9. The average Bonchev–Trinajstić information content (AvgIpc) is 3.11. The molecule has 0 amide bonds. The second-order valence-electron chi connectivity index (χ2n) is 5.42. The van der Waals surface area contributed by atoms with Gasteiger partial charge in [-0.25, -0.2) is 4.39 Å². The van der Waals surface area contributed by atoms with Crippen LogP contribution in [0.2, 0.25) is 0 Å². The third-order valence-corrected chi connectivity index (χ3v) is 3.76. The molecule has 0 bridgehead atoms. The topological polar surface area (TPSA) is 30.3 Å². The summed E-state index contributed by atoms with van der Waals surface area (Å²) in [5.74, 6) is 0.505. The first-order chi connectivity index (χ1) is 10.2. The van der Waals surface area contributed by atoms with Crippen molar-refractivity contribution in [1.29, 1.82) is 0 Å². The molecular weight excluding hydrogens is 269 g/mol. The number of aryl methyl sites for hydroxylation is 1. The minimum absolute atomic E-state index is 0.177. The van der Waals surface area contributed by atoms with Crippen molar-refractivity contribution >= 4 is 0 Å². The molecule has 1 saturated heterocycles. The smallest absolute Gasteiger partial charge is 0.123 e. The van der Waals surface area contributed by atoms with Gasteiger partial charge >= 0.3 is 0 Å². The summed E-state index contributed by atoms with van der Waals surface area (Å²) in [6, 6.07) is 6.23. The Morgan fingerprint density at radius 3 is 2.86 bits per heavy atom. The summed E-state index contributed by atoms with van der Waals surface area (Å²) in [6.45, 7) is 5.80. The predicted octanol–water partition coefficient (Wildman–Crippen LogP) is 2.70. The monoisotopic (exact) mass is 289 g/mol. The fraction of sp³-hybridized carbons (Fsp3) is 0.438. The highest BCUT2D eigenvalue weighted by Crippen LogP contribution is 2.20. The van der Waals surface area contributed by atoms with E-state index >= 15 is 0 Å². The summed E-state index contributed by atoms with van der Waals surface area (Å²) < 4.78 is 20.7. The van der Waals surface area contributed by atoms with Gasteiger partial charge in [0, 0.05) is 37.9 Å². The Hall–Kier alpha value is -1.88. The van der Waals surface area contributed by atoms with Crippen molar-refractivity contribution in [3.8, 4) is 5.75 Å². The third kappa shape index (κ3) is 3.61. The van der Waals surface area contributed by atoms with Gasteiger partial charge in [0.2, 0.25) is 0 Å². The molecule has 4 nitrogen and oxygen atoms in total. The maximum atomic E-state index is 12.9. The Labute approximate surface area is 124 Å². The highest BCUT2D eigenvalue weighted by molar-refractivity contribution is 5.22. The van der Waals surface area contributed by atoms with Crippen LogP contribution in [0.3, 0.4) is 0 Å². The molecular formula is C16H20FN3O. The van der Waals surface area contributed by atoms with Crippen molar-refractivity contribution in [2.75, 3.05) is 13.1 Å². The number of halogens is 1. The SMILES string of the molecule is CCn1cc(CN2CC[C@H](Oc3ccc(F)cc3)C2)cn1. The number of nitrogens with zero attached hydrogens (tertiary/aromatic N) is 3. The molecule has 0 N–H and O–H groups in total. The molecule has 0 spiro atoms. The normalized spacial score (nSPS) is 19.0. The van der Waals surface area contributed by atoms with Crippen LogP contribution >= 0.6 is 0 Å². The average molecular weight is 289 g/mol. The molecule has 1 aromatic carbocycles. The Morgan fingerprint density at radius 1 is 1.33 bits per heavy atom. The van der Waals surface area contributed by atoms with Gasteiger partial charge in [0.15, 0.2) is 0 Å². The highest BCUT2D eigenvalue weighted by atomic mass is 19.1. The molecule has 5 heteroatoms. The molecule has 1 fully saturated rings. The summed E-state index contributed by atoms with van der Waals surface area (Å²) in [5, 5.41) is 4.29. The summed E-state index contributed by atoms with van der Waals surface area (Å²) >= 11 is 0. The molecule has 0 aliphatic carbocycles. The molecule has 2 heterocycles. The van der Waals surface area contributed by atoms with Crippen LogP contribution in [0.25, 0.3) is 0 Å². The van der Waals surface area contributed by atoms with Gasteiger partial charge in [-0.2, -0.15) is 5.10 Å². The number of ether oxygens (including phenoxy) is 1. The van der Waals surface area contributed by atoms with Crippen LogP contribution in [0.4, 0.5) is 4.39 Å². The van der Waals surface area contributed by atoms with Crippen LogP contribution < -0.4 is 4.74 Å². The number of hydrogen-bond donors (Lipinski definition) is 0. The van der Waals surface area contributed by atoms with Crippen molar-refractivity contribution in [1.82, 2.24) is 14.7 Å². The standard InChI is InChI=1S/C16H20FN3O/c1-2-20-11-13(9-18-20)10-19-8-7-16(12-19)21-15-5-3-14(17)4-6-15/h3-6,9,11,16H,2,7-8,10,12H2,1H3/t16-/m0/s1. The van der Waals surface area contributed by atoms with Crippen LogP contribution in [-0.4, -0.2) is 33.9 Å². The van der Waals surface area contributed by atoms with E-state index in [1.807, 2.05) is 10.9 Å². The first-order valence-corrected chi connectivity index (χ1v) is 7.39. The van der Waals surface area contributed by atoms with Crippen LogP contribution in [0.5, 0.6) is 5.75 Å². The maximum Gasteiger partial charge on any atom is 0.123 e. The van der Waals surface area contributed by atoms with Gasteiger partial charge < -0.3 is 4.74 Å². The lowest BCUT2D eigenvalue weighted by Crippen LogP contribution is -2.24. The van der Waals surface area contributed by atoms with E-state index in [0.717, 1.165) is 38.3 Å². The summed E-state index contributed by atoms with van der Waals surface area (Å²) in [6.07, 6.45) is 5.20. The van der Waals surface area contributed by atoms with Gasteiger partial charge in [-0.3, -0.25) is 9.58 Å². The Morgan fingerprint density at radius 2 is 2.14 bits per heavy atom. The summed E-state index contributed by atoms with van der Waals surface area (Å²) in [4.78, 5) is 2.37. The minimum atomic E-state index is -0.233. The fourth-order valence-corrected chi connectivity index (χ4v) is 2.66. The van der Waals surface area contributed by atoms with Gasteiger partial charge in [0.25, 0.3) is 0 Å². The Balaban J connectivity index is 1.52. The van der Waals surface area contributed by atoms with E-state index in [1.165, 1.54) is 17.7 Å². The van der Waals surface area contributed by atoms with Crippen molar-refractivity contribution in [3.63, 3.8) is 0 Å². The first-order valence-electron chi connectivity index (χ1n) is 7.39. The summed E-state index contributed by atoms with van der Waals surface area (Å²) in [5.41, 5.74) is 1.24. The number of aromatic nitrogens is 2. The second-order valence-corrected chi connectivity index (χ2v) is 5.42. The molecule has 0 unspecified atom stereocenters. The van der Waals surface area contributed by atoms with Crippen molar-refractivity contribution in [3.05, 3.63) is 48.0 Å². The summed E-state index contributed by atoms with van der Waals surface area (Å²) in [7, 11) is 0.